The zero-order valence-corrected chi connectivity index (χ0v) is 18.2. The summed E-state index contributed by atoms with van der Waals surface area (Å²) in [6, 6.07) is 37.4. The molecule has 0 amide bonds. The van der Waals surface area contributed by atoms with Gasteiger partial charge in [-0.2, -0.15) is 0 Å². The standard InChI is InChI=1S/C30H27N/c1-22-9-7-14-27(20-23-17-18-24-10-3-4-12-26(24)19-23)30(22)31(2)21-28-15-8-13-25-11-5-6-16-29(25)28/h3-19H,20-21H2,1-2H3. The molecule has 5 rings (SSSR count). The highest BCUT2D eigenvalue weighted by molar-refractivity contribution is 5.86. The highest BCUT2D eigenvalue weighted by Crippen LogP contribution is 2.30. The largest absolute Gasteiger partial charge is 0.370 e. The maximum Gasteiger partial charge on any atom is 0.0432 e. The zero-order valence-electron chi connectivity index (χ0n) is 18.2. The first-order valence-electron chi connectivity index (χ1n) is 10.9. The molecule has 0 saturated heterocycles. The van der Waals surface area contributed by atoms with E-state index in [2.05, 4.69) is 122 Å². The Morgan fingerprint density at radius 2 is 1.29 bits per heavy atom. The van der Waals surface area contributed by atoms with Crippen LogP contribution in [0.2, 0.25) is 0 Å². The predicted molar refractivity (Wildman–Crippen MR) is 134 cm³/mol. The molecule has 31 heavy (non-hydrogen) atoms. The summed E-state index contributed by atoms with van der Waals surface area (Å²) in [5.74, 6) is 0. The van der Waals surface area contributed by atoms with Crippen LogP contribution in [0.1, 0.15) is 22.3 Å². The molecular weight excluding hydrogens is 374 g/mol. The van der Waals surface area contributed by atoms with Gasteiger partial charge in [-0.1, -0.05) is 103 Å². The Bertz CT molecular complexity index is 1360. The minimum atomic E-state index is 0.886. The van der Waals surface area contributed by atoms with E-state index in [1.165, 1.54) is 49.5 Å². The van der Waals surface area contributed by atoms with Gasteiger partial charge < -0.3 is 4.90 Å². The fourth-order valence-electron chi connectivity index (χ4n) is 4.74. The predicted octanol–water partition coefficient (Wildman–Crippen LogP) is 7.53. The van der Waals surface area contributed by atoms with Crippen LogP contribution in [-0.2, 0) is 13.0 Å². The van der Waals surface area contributed by atoms with E-state index in [4.69, 9.17) is 0 Å². The van der Waals surface area contributed by atoms with Crippen LogP contribution < -0.4 is 4.90 Å². The first-order chi connectivity index (χ1) is 15.2. The second-order valence-corrected chi connectivity index (χ2v) is 8.44. The van der Waals surface area contributed by atoms with Crippen LogP contribution in [0.5, 0.6) is 0 Å². The minimum Gasteiger partial charge on any atom is -0.370 e. The Morgan fingerprint density at radius 3 is 2.16 bits per heavy atom. The van der Waals surface area contributed by atoms with E-state index in [9.17, 15) is 0 Å². The van der Waals surface area contributed by atoms with Crippen LogP contribution in [0.4, 0.5) is 5.69 Å². The highest BCUT2D eigenvalue weighted by Gasteiger charge is 2.13. The minimum absolute atomic E-state index is 0.886. The number of nitrogens with zero attached hydrogens (tertiary/aromatic N) is 1. The molecule has 0 heterocycles. The van der Waals surface area contributed by atoms with Gasteiger partial charge in [-0.05, 0) is 57.1 Å². The Labute approximate surface area is 184 Å². The molecule has 0 aliphatic rings. The molecule has 0 fully saturated rings. The third kappa shape index (κ3) is 3.92. The molecule has 0 bridgehead atoms. The summed E-state index contributed by atoms with van der Waals surface area (Å²) in [7, 11) is 2.22. The van der Waals surface area contributed by atoms with E-state index >= 15 is 0 Å². The van der Waals surface area contributed by atoms with E-state index in [0.29, 0.717) is 0 Å². The Balaban J connectivity index is 1.49. The van der Waals surface area contributed by atoms with Crippen molar-refractivity contribution in [3.8, 4) is 0 Å². The molecule has 152 valence electrons. The van der Waals surface area contributed by atoms with Crippen LogP contribution in [0, 0.1) is 6.92 Å². The van der Waals surface area contributed by atoms with Crippen LogP contribution in [-0.4, -0.2) is 7.05 Å². The van der Waals surface area contributed by atoms with Crippen molar-refractivity contribution in [1.82, 2.24) is 0 Å². The van der Waals surface area contributed by atoms with Crippen molar-refractivity contribution in [2.45, 2.75) is 19.9 Å². The summed E-state index contributed by atoms with van der Waals surface area (Å²) in [5.41, 5.74) is 6.74. The molecule has 0 atom stereocenters. The second kappa shape index (κ2) is 8.28. The molecule has 0 radical (unpaired) electrons. The Hall–Kier alpha value is -3.58. The lowest BCUT2D eigenvalue weighted by Gasteiger charge is -2.25. The summed E-state index contributed by atoms with van der Waals surface area (Å²) in [6.07, 6.45) is 0.932. The van der Waals surface area contributed by atoms with Gasteiger partial charge in [-0.15, -0.1) is 0 Å². The van der Waals surface area contributed by atoms with Gasteiger partial charge in [0.15, 0.2) is 0 Å². The lowest BCUT2D eigenvalue weighted by atomic mass is 9.97. The molecule has 0 aromatic heterocycles. The van der Waals surface area contributed by atoms with E-state index in [1.807, 2.05) is 0 Å². The monoisotopic (exact) mass is 401 g/mol. The third-order valence-corrected chi connectivity index (χ3v) is 6.20. The molecule has 0 unspecified atom stereocenters. The average Bonchev–Trinajstić information content (AvgIpc) is 2.79. The van der Waals surface area contributed by atoms with Crippen LogP contribution >= 0.6 is 0 Å². The summed E-state index contributed by atoms with van der Waals surface area (Å²) >= 11 is 0. The molecule has 0 spiro atoms. The molecule has 1 nitrogen and oxygen atoms in total. The summed E-state index contributed by atoms with van der Waals surface area (Å²) in [5, 5.41) is 5.23. The number of para-hydroxylation sites is 1. The van der Waals surface area contributed by atoms with Gasteiger partial charge in [0, 0.05) is 19.3 Å². The van der Waals surface area contributed by atoms with Crippen molar-refractivity contribution in [3.05, 3.63) is 125 Å². The van der Waals surface area contributed by atoms with Gasteiger partial charge >= 0.3 is 0 Å². The van der Waals surface area contributed by atoms with E-state index in [1.54, 1.807) is 0 Å². The van der Waals surface area contributed by atoms with Gasteiger partial charge in [-0.3, -0.25) is 0 Å². The van der Waals surface area contributed by atoms with Gasteiger partial charge in [-0.25, -0.2) is 0 Å². The van der Waals surface area contributed by atoms with Crippen LogP contribution in [0.15, 0.2) is 103 Å². The van der Waals surface area contributed by atoms with E-state index in [-0.39, 0.29) is 0 Å². The number of fused-ring (bicyclic) bond motifs is 2. The van der Waals surface area contributed by atoms with Crippen molar-refractivity contribution >= 4 is 27.2 Å². The number of aryl methyl sites for hydroxylation is 1. The molecule has 0 aliphatic carbocycles. The lowest BCUT2D eigenvalue weighted by molar-refractivity contribution is 0.912. The first-order valence-corrected chi connectivity index (χ1v) is 10.9. The molecular formula is C30H27N. The fraction of sp³-hybridized carbons (Fsp3) is 0.133. The van der Waals surface area contributed by atoms with Crippen LogP contribution in [0.3, 0.4) is 0 Å². The lowest BCUT2D eigenvalue weighted by Crippen LogP contribution is -2.19. The topological polar surface area (TPSA) is 3.24 Å². The molecule has 1 heteroatoms. The molecule has 0 N–H and O–H groups in total. The number of rotatable bonds is 5. The second-order valence-electron chi connectivity index (χ2n) is 8.44. The Morgan fingerprint density at radius 1 is 0.613 bits per heavy atom. The van der Waals surface area contributed by atoms with Crippen molar-refractivity contribution in [3.63, 3.8) is 0 Å². The summed E-state index contributed by atoms with van der Waals surface area (Å²) in [6.45, 7) is 3.11. The van der Waals surface area contributed by atoms with Gasteiger partial charge in [0.1, 0.15) is 0 Å². The average molecular weight is 402 g/mol. The number of benzene rings is 5. The van der Waals surface area contributed by atoms with Crippen molar-refractivity contribution in [2.24, 2.45) is 0 Å². The third-order valence-electron chi connectivity index (χ3n) is 6.20. The van der Waals surface area contributed by atoms with E-state index in [0.717, 1.165) is 13.0 Å². The quantitative estimate of drug-likeness (QED) is 0.294. The SMILES string of the molecule is Cc1cccc(Cc2ccc3ccccc3c2)c1N(C)Cc1cccc2ccccc12. The maximum absolute atomic E-state index is 2.41. The van der Waals surface area contributed by atoms with Crippen molar-refractivity contribution in [2.75, 3.05) is 11.9 Å². The molecule has 0 saturated carbocycles. The summed E-state index contributed by atoms with van der Waals surface area (Å²) < 4.78 is 0. The fourth-order valence-corrected chi connectivity index (χ4v) is 4.74. The summed E-state index contributed by atoms with van der Waals surface area (Å²) in [4.78, 5) is 2.41. The zero-order chi connectivity index (χ0) is 21.2. The normalized spacial score (nSPS) is 11.2. The molecule has 5 aromatic rings. The van der Waals surface area contributed by atoms with Gasteiger partial charge in [0.05, 0.1) is 0 Å². The first kappa shape index (κ1) is 19.4. The smallest absolute Gasteiger partial charge is 0.0432 e. The molecule has 5 aromatic carbocycles. The number of hydrogen-bond donors (Lipinski definition) is 0. The van der Waals surface area contributed by atoms with Gasteiger partial charge in [0.2, 0.25) is 0 Å². The molecule has 0 aliphatic heterocycles. The van der Waals surface area contributed by atoms with Gasteiger partial charge in [0.25, 0.3) is 0 Å². The van der Waals surface area contributed by atoms with E-state index < -0.39 is 0 Å². The Kier molecular flexibility index (Phi) is 5.18. The van der Waals surface area contributed by atoms with Crippen LogP contribution in [0.25, 0.3) is 21.5 Å². The van der Waals surface area contributed by atoms with Crippen molar-refractivity contribution < 1.29 is 0 Å². The maximum atomic E-state index is 2.41. The number of anilines is 1. The van der Waals surface area contributed by atoms with Crippen molar-refractivity contribution in [1.29, 1.82) is 0 Å². The highest BCUT2D eigenvalue weighted by atomic mass is 15.1. The number of hydrogen-bond acceptors (Lipinski definition) is 1.